The molecule has 0 radical (unpaired) electrons. The molecule has 0 aliphatic heterocycles. The van der Waals surface area contributed by atoms with Crippen molar-refractivity contribution in [1.29, 1.82) is 0 Å². The summed E-state index contributed by atoms with van der Waals surface area (Å²) in [4.78, 5) is 12.1. The smallest absolute Gasteiger partial charge is 0.250 e. The Morgan fingerprint density at radius 2 is 2.00 bits per heavy atom. The summed E-state index contributed by atoms with van der Waals surface area (Å²) in [6.07, 6.45) is 6.54. The first-order chi connectivity index (χ1) is 14.9. The van der Waals surface area contributed by atoms with Crippen molar-refractivity contribution in [2.45, 2.75) is 44.8 Å². The van der Waals surface area contributed by atoms with Crippen LogP contribution in [0.5, 0.6) is 0 Å². The first kappa shape index (κ1) is 22.6. The van der Waals surface area contributed by atoms with Gasteiger partial charge in [-0.25, -0.2) is 5.43 Å². The Hall–Kier alpha value is -3.13. The Morgan fingerprint density at radius 3 is 2.65 bits per heavy atom. The molecule has 7 nitrogen and oxygen atoms in total. The lowest BCUT2D eigenvalue weighted by atomic mass is 9.87. The summed E-state index contributed by atoms with van der Waals surface area (Å²) in [5.74, 6) is 1.50. The lowest BCUT2D eigenvalue weighted by Crippen LogP contribution is -2.19. The predicted molar refractivity (Wildman–Crippen MR) is 125 cm³/mol. The first-order valence-corrected chi connectivity index (χ1v) is 11.1. The summed E-state index contributed by atoms with van der Waals surface area (Å²) in [7, 11) is 0. The molecule has 3 aromatic rings. The van der Waals surface area contributed by atoms with Crippen LogP contribution in [0.4, 0.5) is 0 Å². The van der Waals surface area contributed by atoms with Gasteiger partial charge in [0.1, 0.15) is 5.76 Å². The van der Waals surface area contributed by atoms with Crippen molar-refractivity contribution < 1.29 is 9.21 Å². The highest BCUT2D eigenvalue weighted by Crippen LogP contribution is 2.27. The minimum absolute atomic E-state index is 0.0996. The van der Waals surface area contributed by atoms with Gasteiger partial charge in [-0.2, -0.15) is 5.10 Å². The molecule has 0 atom stereocenters. The Labute approximate surface area is 186 Å². The van der Waals surface area contributed by atoms with Gasteiger partial charge in [0, 0.05) is 18.3 Å². The van der Waals surface area contributed by atoms with Crippen LogP contribution in [0.3, 0.4) is 0 Å². The topological polar surface area (TPSA) is 85.3 Å². The quantitative estimate of drug-likeness (QED) is 0.312. The van der Waals surface area contributed by atoms with Crippen LogP contribution in [0.1, 0.15) is 39.0 Å². The second kappa shape index (κ2) is 10.3. The molecular weight excluding hydrogens is 410 g/mol. The summed E-state index contributed by atoms with van der Waals surface area (Å²) in [6.45, 7) is 9.32. The minimum atomic E-state index is -0.214. The maximum absolute atomic E-state index is 12.1. The second-order valence-electron chi connectivity index (χ2n) is 7.85. The monoisotopic (exact) mass is 437 g/mol. The van der Waals surface area contributed by atoms with Gasteiger partial charge in [-0.1, -0.05) is 56.8 Å². The number of hydrazone groups is 1. The molecule has 1 amide bonds. The van der Waals surface area contributed by atoms with E-state index in [2.05, 4.69) is 65.8 Å². The Bertz CT molecular complexity index is 1040. The number of nitrogens with one attached hydrogen (secondary N) is 1. The van der Waals surface area contributed by atoms with Crippen LogP contribution in [0.15, 0.2) is 63.4 Å². The molecule has 0 saturated heterocycles. The molecule has 0 aliphatic rings. The number of carbonyl (C=O) groups is 1. The highest BCUT2D eigenvalue weighted by atomic mass is 32.2. The van der Waals surface area contributed by atoms with E-state index < -0.39 is 0 Å². The van der Waals surface area contributed by atoms with Crippen molar-refractivity contribution in [2.24, 2.45) is 5.10 Å². The summed E-state index contributed by atoms with van der Waals surface area (Å²) in [5.41, 5.74) is 4.87. The van der Waals surface area contributed by atoms with E-state index in [0.717, 1.165) is 17.1 Å². The molecule has 3 rings (SSSR count). The van der Waals surface area contributed by atoms with E-state index in [0.29, 0.717) is 11.7 Å². The maximum Gasteiger partial charge on any atom is 0.250 e. The van der Waals surface area contributed by atoms with E-state index >= 15 is 0 Å². The van der Waals surface area contributed by atoms with Crippen molar-refractivity contribution in [2.75, 3.05) is 5.75 Å². The summed E-state index contributed by atoms with van der Waals surface area (Å²) in [6, 6.07) is 12.0. The van der Waals surface area contributed by atoms with Gasteiger partial charge in [0.2, 0.25) is 0 Å². The summed E-state index contributed by atoms with van der Waals surface area (Å²) in [5, 5.41) is 13.2. The van der Waals surface area contributed by atoms with E-state index in [4.69, 9.17) is 4.42 Å². The van der Waals surface area contributed by atoms with Crippen molar-refractivity contribution >= 4 is 30.0 Å². The number of benzene rings is 1. The number of hydrogen-bond acceptors (Lipinski definition) is 6. The van der Waals surface area contributed by atoms with E-state index in [-0.39, 0.29) is 17.1 Å². The van der Waals surface area contributed by atoms with Gasteiger partial charge in [-0.15, -0.1) is 10.2 Å². The number of nitrogens with zero attached hydrogens (tertiary/aromatic N) is 4. The molecule has 0 unspecified atom stereocenters. The number of hydrogen-bond donors (Lipinski definition) is 1. The van der Waals surface area contributed by atoms with Gasteiger partial charge >= 0.3 is 0 Å². The predicted octanol–water partition coefficient (Wildman–Crippen LogP) is 4.76. The Kier molecular flexibility index (Phi) is 7.46. The Morgan fingerprint density at radius 1 is 1.23 bits per heavy atom. The van der Waals surface area contributed by atoms with E-state index in [1.54, 1.807) is 24.5 Å². The normalized spacial score (nSPS) is 12.1. The molecule has 2 heterocycles. The third kappa shape index (κ3) is 6.18. The number of furan rings is 1. The number of thioether (sulfide) groups is 1. The summed E-state index contributed by atoms with van der Waals surface area (Å²) >= 11 is 1.33. The average Bonchev–Trinajstić information content (AvgIpc) is 3.41. The van der Waals surface area contributed by atoms with Crippen LogP contribution < -0.4 is 5.43 Å². The molecule has 0 aliphatic carbocycles. The summed E-state index contributed by atoms with van der Waals surface area (Å²) < 4.78 is 7.18. The standard InChI is InChI=1S/C23H27N5O2S/c1-5-28-21(17-10-12-18(13-11-17)23(2,3)4)26-27-22(28)31-16-20(29)25-24-14-6-8-19-9-7-15-30-19/h6-15H,5,16H2,1-4H3,(H,25,29). The van der Waals surface area contributed by atoms with E-state index in [9.17, 15) is 4.79 Å². The van der Waals surface area contributed by atoms with Gasteiger partial charge in [0.05, 0.1) is 12.0 Å². The molecular formula is C23H27N5O2S. The first-order valence-electron chi connectivity index (χ1n) is 10.1. The number of carbonyl (C=O) groups excluding carboxylic acids is 1. The van der Waals surface area contributed by atoms with E-state index in [1.165, 1.54) is 23.5 Å². The Balaban J connectivity index is 1.57. The fourth-order valence-electron chi connectivity index (χ4n) is 2.85. The SMILES string of the molecule is CCn1c(SCC(=O)NN=CC=Cc2ccco2)nnc1-c1ccc(C(C)(C)C)cc1. The average molecular weight is 438 g/mol. The lowest BCUT2D eigenvalue weighted by molar-refractivity contribution is -0.118. The highest BCUT2D eigenvalue weighted by Gasteiger charge is 2.17. The number of rotatable bonds is 8. The van der Waals surface area contributed by atoms with Gasteiger partial charge in [0.15, 0.2) is 11.0 Å². The van der Waals surface area contributed by atoms with Crippen LogP contribution in [-0.2, 0) is 16.8 Å². The molecule has 8 heteroatoms. The lowest BCUT2D eigenvalue weighted by Gasteiger charge is -2.19. The molecule has 2 aromatic heterocycles. The zero-order chi connectivity index (χ0) is 22.3. The van der Waals surface area contributed by atoms with Gasteiger partial charge < -0.3 is 8.98 Å². The third-order valence-corrected chi connectivity index (χ3v) is 5.49. The number of allylic oxidation sites excluding steroid dienone is 1. The third-order valence-electron chi connectivity index (χ3n) is 4.53. The molecule has 0 spiro atoms. The molecule has 31 heavy (non-hydrogen) atoms. The van der Waals surface area contributed by atoms with Crippen molar-refractivity contribution in [3.63, 3.8) is 0 Å². The second-order valence-corrected chi connectivity index (χ2v) is 8.80. The molecule has 0 saturated carbocycles. The van der Waals surface area contributed by atoms with Gasteiger partial charge in [-0.05, 0) is 42.2 Å². The molecule has 0 fully saturated rings. The molecule has 1 aromatic carbocycles. The highest BCUT2D eigenvalue weighted by molar-refractivity contribution is 7.99. The van der Waals surface area contributed by atoms with Crippen LogP contribution in [0, 0.1) is 0 Å². The fourth-order valence-corrected chi connectivity index (χ4v) is 3.65. The van der Waals surface area contributed by atoms with E-state index in [1.807, 2.05) is 17.6 Å². The zero-order valence-corrected chi connectivity index (χ0v) is 19.0. The van der Waals surface area contributed by atoms with Crippen LogP contribution in [0.25, 0.3) is 17.5 Å². The van der Waals surface area contributed by atoms with Crippen LogP contribution >= 0.6 is 11.8 Å². The zero-order valence-electron chi connectivity index (χ0n) is 18.2. The number of aromatic nitrogens is 3. The number of amides is 1. The van der Waals surface area contributed by atoms with Crippen LogP contribution in [-0.4, -0.2) is 32.6 Å². The van der Waals surface area contributed by atoms with Gasteiger partial charge in [-0.3, -0.25) is 4.79 Å². The van der Waals surface area contributed by atoms with Crippen LogP contribution in [0.2, 0.25) is 0 Å². The fraction of sp³-hybridized carbons (Fsp3) is 0.304. The maximum atomic E-state index is 12.1. The molecule has 162 valence electrons. The molecule has 1 N–H and O–H groups in total. The minimum Gasteiger partial charge on any atom is -0.465 e. The van der Waals surface area contributed by atoms with Crippen molar-refractivity contribution in [1.82, 2.24) is 20.2 Å². The van der Waals surface area contributed by atoms with Crippen molar-refractivity contribution in [3.05, 3.63) is 60.1 Å². The largest absolute Gasteiger partial charge is 0.465 e. The molecule has 0 bridgehead atoms. The van der Waals surface area contributed by atoms with Crippen molar-refractivity contribution in [3.8, 4) is 11.4 Å². The van der Waals surface area contributed by atoms with Gasteiger partial charge in [0.25, 0.3) is 5.91 Å².